The summed E-state index contributed by atoms with van der Waals surface area (Å²) in [6, 6.07) is 5.70. The molecule has 1 aromatic rings. The van der Waals surface area contributed by atoms with E-state index in [1.165, 1.54) is 12.8 Å². The van der Waals surface area contributed by atoms with E-state index >= 15 is 0 Å². The van der Waals surface area contributed by atoms with Gasteiger partial charge in [0.2, 0.25) is 0 Å². The first-order chi connectivity index (χ1) is 8.03. The van der Waals surface area contributed by atoms with Gasteiger partial charge in [0.1, 0.15) is 11.9 Å². The van der Waals surface area contributed by atoms with Crippen LogP contribution in [0.2, 0.25) is 0 Å². The van der Waals surface area contributed by atoms with Crippen molar-refractivity contribution in [2.24, 2.45) is 5.41 Å². The van der Waals surface area contributed by atoms with Crippen molar-refractivity contribution in [1.82, 2.24) is 4.98 Å². The van der Waals surface area contributed by atoms with Crippen LogP contribution in [0.5, 0.6) is 0 Å². The van der Waals surface area contributed by atoms with Gasteiger partial charge in [-0.3, -0.25) is 0 Å². The Hall–Kier alpha value is -1.56. The number of hydrogen-bond acceptors (Lipinski definition) is 3. The van der Waals surface area contributed by atoms with Crippen LogP contribution in [0.25, 0.3) is 0 Å². The van der Waals surface area contributed by atoms with E-state index in [1.807, 2.05) is 0 Å². The lowest BCUT2D eigenvalue weighted by Crippen LogP contribution is -2.08. The molecule has 17 heavy (non-hydrogen) atoms. The number of nitrogens with one attached hydrogen (secondary N) is 1. The second-order valence-corrected chi connectivity index (χ2v) is 5.46. The van der Waals surface area contributed by atoms with Crippen LogP contribution in [-0.4, -0.2) is 11.5 Å². The molecule has 0 aromatic carbocycles. The van der Waals surface area contributed by atoms with E-state index in [2.05, 4.69) is 37.1 Å². The molecule has 0 fully saturated rings. The van der Waals surface area contributed by atoms with Crippen molar-refractivity contribution in [2.45, 2.75) is 40.0 Å². The van der Waals surface area contributed by atoms with Crippen molar-refractivity contribution in [3.8, 4) is 6.07 Å². The van der Waals surface area contributed by atoms with Crippen molar-refractivity contribution in [3.05, 3.63) is 23.9 Å². The van der Waals surface area contributed by atoms with Gasteiger partial charge in [-0.25, -0.2) is 4.98 Å². The molecule has 0 spiro atoms. The minimum atomic E-state index is 0.406. The summed E-state index contributed by atoms with van der Waals surface area (Å²) in [7, 11) is 0. The van der Waals surface area contributed by atoms with Crippen molar-refractivity contribution in [1.29, 1.82) is 5.26 Å². The Morgan fingerprint density at radius 1 is 1.35 bits per heavy atom. The monoisotopic (exact) mass is 231 g/mol. The maximum Gasteiger partial charge on any atom is 0.143 e. The minimum Gasteiger partial charge on any atom is -0.369 e. The van der Waals surface area contributed by atoms with Crippen LogP contribution in [-0.2, 0) is 0 Å². The number of aromatic nitrogens is 1. The fraction of sp³-hybridized carbons (Fsp3) is 0.571. The molecule has 3 heteroatoms. The number of nitrogens with zero attached hydrogens (tertiary/aromatic N) is 2. The molecular weight excluding hydrogens is 210 g/mol. The minimum absolute atomic E-state index is 0.406. The zero-order valence-electron chi connectivity index (χ0n) is 11.0. The highest BCUT2D eigenvalue weighted by atomic mass is 15.0. The van der Waals surface area contributed by atoms with Crippen LogP contribution in [0, 0.1) is 16.7 Å². The van der Waals surface area contributed by atoms with Crippen molar-refractivity contribution >= 4 is 5.82 Å². The Bertz CT molecular complexity index is 385. The van der Waals surface area contributed by atoms with Crippen molar-refractivity contribution in [3.63, 3.8) is 0 Å². The summed E-state index contributed by atoms with van der Waals surface area (Å²) in [6.45, 7) is 7.65. The highest BCUT2D eigenvalue weighted by molar-refractivity contribution is 5.50. The smallest absolute Gasteiger partial charge is 0.143 e. The zero-order valence-corrected chi connectivity index (χ0v) is 11.0. The molecule has 1 N–H and O–H groups in total. The summed E-state index contributed by atoms with van der Waals surface area (Å²) in [6.07, 6.45) is 5.24. The van der Waals surface area contributed by atoms with E-state index in [1.54, 1.807) is 18.3 Å². The standard InChI is InChI=1S/C14H21N3/c1-14(2,3)8-4-5-9-16-13-12(11-15)7-6-10-17-13/h6-7,10H,4-5,8-9H2,1-3H3,(H,16,17). The van der Waals surface area contributed by atoms with Gasteiger partial charge >= 0.3 is 0 Å². The van der Waals surface area contributed by atoms with E-state index in [9.17, 15) is 0 Å². The molecule has 0 atom stereocenters. The lowest BCUT2D eigenvalue weighted by atomic mass is 9.90. The molecule has 0 unspecified atom stereocenters. The Labute approximate surface area is 104 Å². The molecule has 1 heterocycles. The predicted octanol–water partition coefficient (Wildman–Crippen LogP) is 3.58. The van der Waals surface area contributed by atoms with Crippen LogP contribution >= 0.6 is 0 Å². The quantitative estimate of drug-likeness (QED) is 0.788. The normalized spacial score (nSPS) is 10.9. The summed E-state index contributed by atoms with van der Waals surface area (Å²) < 4.78 is 0. The fourth-order valence-corrected chi connectivity index (χ4v) is 1.62. The summed E-state index contributed by atoms with van der Waals surface area (Å²) in [5.74, 6) is 0.700. The third kappa shape index (κ3) is 5.35. The largest absolute Gasteiger partial charge is 0.369 e. The number of unbranched alkanes of at least 4 members (excludes halogenated alkanes) is 1. The second-order valence-electron chi connectivity index (χ2n) is 5.46. The van der Waals surface area contributed by atoms with Gasteiger partial charge in [0, 0.05) is 12.7 Å². The third-order valence-corrected chi connectivity index (χ3v) is 2.57. The fourth-order valence-electron chi connectivity index (χ4n) is 1.62. The second kappa shape index (κ2) is 6.24. The average Bonchev–Trinajstić information content (AvgIpc) is 2.27. The number of hydrogen-bond donors (Lipinski definition) is 1. The van der Waals surface area contributed by atoms with Crippen LogP contribution in [0.15, 0.2) is 18.3 Å². The first kappa shape index (κ1) is 13.5. The van der Waals surface area contributed by atoms with Gasteiger partial charge in [0.25, 0.3) is 0 Å². The molecule has 92 valence electrons. The van der Waals surface area contributed by atoms with E-state index in [-0.39, 0.29) is 0 Å². The SMILES string of the molecule is CC(C)(C)CCCCNc1ncccc1C#N. The van der Waals surface area contributed by atoms with E-state index < -0.39 is 0 Å². The summed E-state index contributed by atoms with van der Waals surface area (Å²) in [5, 5.41) is 12.1. The van der Waals surface area contributed by atoms with Gasteiger partial charge in [-0.15, -0.1) is 0 Å². The third-order valence-electron chi connectivity index (χ3n) is 2.57. The lowest BCUT2D eigenvalue weighted by Gasteiger charge is -2.17. The number of anilines is 1. The lowest BCUT2D eigenvalue weighted by molar-refractivity contribution is 0.362. The van der Waals surface area contributed by atoms with Crippen LogP contribution in [0.1, 0.15) is 45.6 Å². The number of rotatable bonds is 5. The van der Waals surface area contributed by atoms with Crippen molar-refractivity contribution < 1.29 is 0 Å². The van der Waals surface area contributed by atoms with Crippen molar-refractivity contribution in [2.75, 3.05) is 11.9 Å². The molecular formula is C14H21N3. The number of nitriles is 1. The van der Waals surface area contributed by atoms with E-state index in [0.29, 0.717) is 16.8 Å². The summed E-state index contributed by atoms with van der Waals surface area (Å²) in [4.78, 5) is 4.16. The van der Waals surface area contributed by atoms with Crippen LogP contribution < -0.4 is 5.32 Å². The van der Waals surface area contributed by atoms with Crippen LogP contribution in [0.4, 0.5) is 5.82 Å². The Kier molecular flexibility index (Phi) is 4.96. The highest BCUT2D eigenvalue weighted by Gasteiger charge is 2.08. The molecule has 0 saturated carbocycles. The van der Waals surface area contributed by atoms with E-state index in [4.69, 9.17) is 5.26 Å². The highest BCUT2D eigenvalue weighted by Crippen LogP contribution is 2.21. The molecule has 0 aliphatic carbocycles. The molecule has 1 rings (SSSR count). The molecule has 0 amide bonds. The maximum absolute atomic E-state index is 8.90. The van der Waals surface area contributed by atoms with Gasteiger partial charge in [-0.05, 0) is 30.4 Å². The first-order valence-electron chi connectivity index (χ1n) is 6.12. The van der Waals surface area contributed by atoms with E-state index in [0.717, 1.165) is 13.0 Å². The maximum atomic E-state index is 8.90. The Balaban J connectivity index is 2.30. The Morgan fingerprint density at radius 3 is 2.76 bits per heavy atom. The van der Waals surface area contributed by atoms with Gasteiger partial charge in [0.05, 0.1) is 5.56 Å². The molecule has 0 radical (unpaired) electrons. The molecule has 0 saturated heterocycles. The molecule has 3 nitrogen and oxygen atoms in total. The summed E-state index contributed by atoms with van der Waals surface area (Å²) in [5.41, 5.74) is 1.02. The zero-order chi connectivity index (χ0) is 12.7. The average molecular weight is 231 g/mol. The molecule has 1 aromatic heterocycles. The van der Waals surface area contributed by atoms with Gasteiger partial charge in [0.15, 0.2) is 0 Å². The van der Waals surface area contributed by atoms with Gasteiger partial charge in [-0.1, -0.05) is 27.2 Å². The molecule has 0 aliphatic rings. The molecule has 0 aliphatic heterocycles. The van der Waals surface area contributed by atoms with Gasteiger partial charge < -0.3 is 5.32 Å². The first-order valence-corrected chi connectivity index (χ1v) is 6.12. The predicted molar refractivity (Wildman–Crippen MR) is 70.7 cm³/mol. The molecule has 0 bridgehead atoms. The van der Waals surface area contributed by atoms with Gasteiger partial charge in [-0.2, -0.15) is 5.26 Å². The topological polar surface area (TPSA) is 48.7 Å². The Morgan fingerprint density at radius 2 is 2.12 bits per heavy atom. The number of pyridine rings is 1. The summed E-state index contributed by atoms with van der Waals surface area (Å²) >= 11 is 0. The van der Waals surface area contributed by atoms with Crippen LogP contribution in [0.3, 0.4) is 0 Å².